The van der Waals surface area contributed by atoms with Gasteiger partial charge in [0, 0.05) is 31.0 Å². The fourth-order valence-corrected chi connectivity index (χ4v) is 4.49. The highest BCUT2D eigenvalue weighted by molar-refractivity contribution is 6.34. The smallest absolute Gasteiger partial charge is 0.475 e. The number of hydrogen-bond acceptors (Lipinski definition) is 8. The first-order valence-corrected chi connectivity index (χ1v) is 13.2. The number of rotatable bonds is 4. The van der Waals surface area contributed by atoms with Crippen LogP contribution in [0.4, 0.5) is 42.4 Å². The third kappa shape index (κ3) is 8.43. The second-order valence-electron chi connectivity index (χ2n) is 9.53. The van der Waals surface area contributed by atoms with Gasteiger partial charge >= 0.3 is 24.3 Å². The maximum Gasteiger partial charge on any atom is 0.490 e. The Labute approximate surface area is 258 Å². The molecule has 21 heteroatoms. The summed E-state index contributed by atoms with van der Waals surface area (Å²) in [7, 11) is 0. The minimum atomic E-state index is -5.08. The lowest BCUT2D eigenvalue weighted by Crippen LogP contribution is -2.37. The van der Waals surface area contributed by atoms with Crippen LogP contribution in [0.1, 0.15) is 41.7 Å². The number of pyridine rings is 1. The first-order valence-electron chi connectivity index (χ1n) is 12.9. The fraction of sp³-hybridized carbons (Fsp3) is 0.360. The van der Waals surface area contributed by atoms with E-state index < -0.39 is 36.5 Å². The van der Waals surface area contributed by atoms with E-state index >= 15 is 0 Å². The number of alkyl halides is 7. The number of carbonyl (C=O) groups is 3. The average molecular weight is 685 g/mol. The number of hydrogen-bond donors (Lipinski definition) is 4. The molecule has 1 unspecified atom stereocenters. The largest absolute Gasteiger partial charge is 0.490 e. The van der Waals surface area contributed by atoms with Gasteiger partial charge in [-0.15, -0.1) is 5.10 Å². The van der Waals surface area contributed by atoms with Crippen molar-refractivity contribution >= 4 is 52.2 Å². The number of carbonyl (C=O) groups excluding carboxylic acids is 1. The van der Waals surface area contributed by atoms with Crippen LogP contribution in [0.5, 0.6) is 0 Å². The number of piperidine rings is 1. The summed E-state index contributed by atoms with van der Waals surface area (Å²) >= 11 is 6.53. The van der Waals surface area contributed by atoms with Crippen LogP contribution >= 0.6 is 11.6 Å². The molecule has 1 amide bonds. The predicted octanol–water partition coefficient (Wildman–Crippen LogP) is 4.31. The van der Waals surface area contributed by atoms with E-state index in [-0.39, 0.29) is 17.3 Å². The van der Waals surface area contributed by atoms with Crippen molar-refractivity contribution in [3.05, 3.63) is 53.2 Å². The van der Waals surface area contributed by atoms with Crippen molar-refractivity contribution < 1.29 is 55.3 Å². The van der Waals surface area contributed by atoms with E-state index in [9.17, 15) is 35.5 Å². The Hall–Kier alpha value is -4.88. The minimum Gasteiger partial charge on any atom is -0.475 e. The molecule has 1 fully saturated rings. The second kappa shape index (κ2) is 14.0. The monoisotopic (exact) mass is 684 g/mol. The average Bonchev–Trinajstić information content (AvgIpc) is 3.58. The molecule has 5 heterocycles. The van der Waals surface area contributed by atoms with Crippen LogP contribution < -0.4 is 16.0 Å². The lowest BCUT2D eigenvalue weighted by molar-refractivity contribution is -0.193. The minimum absolute atomic E-state index is 0.0988. The Balaban J connectivity index is 0.000000345. The lowest BCUT2D eigenvalue weighted by Gasteiger charge is -2.34. The first kappa shape index (κ1) is 35.6. The van der Waals surface area contributed by atoms with Gasteiger partial charge in [0.1, 0.15) is 23.9 Å². The summed E-state index contributed by atoms with van der Waals surface area (Å²) in [6.07, 6.45) is -3.44. The van der Waals surface area contributed by atoms with Crippen molar-refractivity contribution in [2.24, 2.45) is 0 Å². The summed E-state index contributed by atoms with van der Waals surface area (Å²) in [6.45, 7) is 3.00. The quantitative estimate of drug-likeness (QED) is 0.226. The number of fused-ring (bicyclic) bond motifs is 2. The van der Waals surface area contributed by atoms with Crippen molar-refractivity contribution in [1.82, 2.24) is 29.3 Å². The molecule has 1 aliphatic rings. The van der Waals surface area contributed by atoms with E-state index in [0.29, 0.717) is 36.6 Å². The number of nitrogens with one attached hydrogen (secondary N) is 1. The molecule has 250 valence electrons. The molecule has 5 rings (SSSR count). The van der Waals surface area contributed by atoms with Gasteiger partial charge in [-0.25, -0.2) is 28.5 Å². The molecule has 0 spiro atoms. The van der Waals surface area contributed by atoms with Crippen LogP contribution in [-0.4, -0.2) is 83.7 Å². The van der Waals surface area contributed by atoms with Gasteiger partial charge in [0.25, 0.3) is 5.91 Å². The van der Waals surface area contributed by atoms with Crippen LogP contribution in [0.15, 0.2) is 37.1 Å². The molecule has 13 nitrogen and oxygen atoms in total. The molecular formula is C25H24ClF7N8O5. The molecule has 1 aliphatic heterocycles. The lowest BCUT2D eigenvalue weighted by atomic mass is 10.0. The van der Waals surface area contributed by atoms with Crippen LogP contribution in [0, 0.1) is 0 Å². The molecule has 0 aliphatic carbocycles. The topological polar surface area (TPSA) is 180 Å². The van der Waals surface area contributed by atoms with Crippen molar-refractivity contribution in [3.8, 4) is 0 Å². The predicted molar refractivity (Wildman–Crippen MR) is 147 cm³/mol. The number of nitrogens with zero attached hydrogens (tertiary/aromatic N) is 6. The summed E-state index contributed by atoms with van der Waals surface area (Å²) in [5.74, 6) is -4.96. The molecule has 4 aromatic rings. The van der Waals surface area contributed by atoms with Crippen molar-refractivity contribution in [3.63, 3.8) is 0 Å². The molecule has 4 aromatic heterocycles. The Bertz CT molecular complexity index is 1690. The Kier molecular flexibility index (Phi) is 10.9. The molecular weight excluding hydrogens is 661 g/mol. The number of imidazole rings is 1. The number of carboxylic acids is 2. The number of amides is 1. The summed E-state index contributed by atoms with van der Waals surface area (Å²) < 4.78 is 80.6. The normalized spacial score (nSPS) is 14.6. The highest BCUT2D eigenvalue weighted by Crippen LogP contribution is 2.34. The van der Waals surface area contributed by atoms with E-state index in [1.54, 1.807) is 31.0 Å². The van der Waals surface area contributed by atoms with E-state index in [1.165, 1.54) is 4.52 Å². The number of halogens is 8. The third-order valence-corrected chi connectivity index (χ3v) is 6.63. The maximum atomic E-state index is 13.8. The zero-order chi connectivity index (χ0) is 34.6. The van der Waals surface area contributed by atoms with Gasteiger partial charge in [-0.1, -0.05) is 11.6 Å². The zero-order valence-corrected chi connectivity index (χ0v) is 24.1. The van der Waals surface area contributed by atoms with Crippen molar-refractivity contribution in [1.29, 1.82) is 0 Å². The van der Waals surface area contributed by atoms with Crippen LogP contribution in [0.3, 0.4) is 0 Å². The Morgan fingerprint density at radius 1 is 1.09 bits per heavy atom. The molecule has 0 aromatic carbocycles. The summed E-state index contributed by atoms with van der Waals surface area (Å²) in [6, 6.07) is 3.11. The molecule has 0 radical (unpaired) electrons. The summed E-state index contributed by atoms with van der Waals surface area (Å²) in [4.78, 5) is 41.5. The number of aliphatic carboxylic acids is 2. The SMILES string of the molecule is CC(NC(=O)c1c(N)nn2cccnc12)c1cc(Cl)c2cncn2c1N1CCC(F)CC1.O=C(O)C(F)(F)F.O=C(O)C(F)(F)F. The molecule has 5 N–H and O–H groups in total. The summed E-state index contributed by atoms with van der Waals surface area (Å²) in [5.41, 5.74) is 8.15. The van der Waals surface area contributed by atoms with Gasteiger partial charge in [-0.05, 0) is 31.9 Å². The molecule has 0 bridgehead atoms. The number of carboxylic acid groups (broad SMARTS) is 2. The second-order valence-corrected chi connectivity index (χ2v) is 9.94. The summed E-state index contributed by atoms with van der Waals surface area (Å²) in [5, 5.41) is 21.9. The van der Waals surface area contributed by atoms with Crippen molar-refractivity contribution in [2.75, 3.05) is 23.7 Å². The van der Waals surface area contributed by atoms with Crippen molar-refractivity contribution in [2.45, 2.75) is 44.3 Å². The molecule has 1 atom stereocenters. The number of nitrogen functional groups attached to an aromatic ring is 1. The maximum absolute atomic E-state index is 13.8. The molecule has 46 heavy (non-hydrogen) atoms. The van der Waals surface area contributed by atoms with E-state index in [2.05, 4.69) is 25.3 Å². The van der Waals surface area contributed by atoms with E-state index in [1.807, 2.05) is 17.4 Å². The van der Waals surface area contributed by atoms with E-state index in [4.69, 9.17) is 37.1 Å². The highest BCUT2D eigenvalue weighted by Gasteiger charge is 2.39. The van der Waals surface area contributed by atoms with Crippen LogP contribution in [0.25, 0.3) is 11.2 Å². The number of anilines is 2. The Morgan fingerprint density at radius 2 is 1.65 bits per heavy atom. The van der Waals surface area contributed by atoms with E-state index in [0.717, 1.165) is 16.9 Å². The van der Waals surface area contributed by atoms with Gasteiger partial charge < -0.3 is 26.2 Å². The number of nitrogens with two attached hydrogens (primary N) is 1. The molecule has 0 saturated carbocycles. The first-order chi connectivity index (χ1) is 21.3. The zero-order valence-electron chi connectivity index (χ0n) is 23.4. The van der Waals surface area contributed by atoms with Crippen LogP contribution in [0.2, 0.25) is 5.02 Å². The third-order valence-electron chi connectivity index (χ3n) is 6.32. The number of aromatic nitrogens is 5. The van der Waals surface area contributed by atoms with Gasteiger partial charge in [0.2, 0.25) is 0 Å². The highest BCUT2D eigenvalue weighted by atomic mass is 35.5. The fourth-order valence-electron chi connectivity index (χ4n) is 4.24. The van der Waals surface area contributed by atoms with Gasteiger partial charge in [0.15, 0.2) is 11.5 Å². The Morgan fingerprint density at radius 3 is 2.20 bits per heavy atom. The van der Waals surface area contributed by atoms with Gasteiger partial charge in [-0.3, -0.25) is 9.20 Å². The van der Waals surface area contributed by atoms with Crippen LogP contribution in [-0.2, 0) is 9.59 Å². The van der Waals surface area contributed by atoms with Gasteiger partial charge in [-0.2, -0.15) is 26.3 Å². The molecule has 1 saturated heterocycles. The standard InChI is InChI=1S/C21H22ClFN8O.2C2HF3O2/c1-12(27-20(32)17-18(24)28-31-6-2-5-26-19(17)31)14-9-15(22)16-10-25-11-30(16)21(14)29-7-3-13(23)4-8-29;2*3-2(4,5)1(6)7/h2,5-6,9-13H,3-4,7-8H2,1H3,(H2,24,28)(H,27,32);2*(H,6,7). The van der Waals surface area contributed by atoms with Gasteiger partial charge in [0.05, 0.1) is 22.8 Å².